The lowest BCUT2D eigenvalue weighted by Gasteiger charge is -2.47. The zero-order valence-electron chi connectivity index (χ0n) is 10.5. The summed E-state index contributed by atoms with van der Waals surface area (Å²) in [6.07, 6.45) is 1.15. The zero-order valence-corrected chi connectivity index (χ0v) is 10.5. The van der Waals surface area contributed by atoms with E-state index >= 15 is 0 Å². The highest BCUT2D eigenvalue weighted by Gasteiger charge is 2.39. The minimum atomic E-state index is -0.263. The Balaban J connectivity index is 1.46. The molecule has 0 aliphatic carbocycles. The molecule has 3 saturated heterocycles. The van der Waals surface area contributed by atoms with E-state index in [2.05, 4.69) is 15.5 Å². The number of likely N-dealkylation sites (tertiary alicyclic amines) is 1. The van der Waals surface area contributed by atoms with Gasteiger partial charge in [-0.25, -0.2) is 0 Å². The van der Waals surface area contributed by atoms with Crippen molar-refractivity contribution in [3.63, 3.8) is 0 Å². The average Bonchev–Trinajstić information content (AvgIpc) is 2.75. The van der Waals surface area contributed by atoms with E-state index in [9.17, 15) is 9.59 Å². The summed E-state index contributed by atoms with van der Waals surface area (Å²) in [5, 5.41) is 6.08. The van der Waals surface area contributed by atoms with E-state index in [1.54, 1.807) is 0 Å². The van der Waals surface area contributed by atoms with Crippen LogP contribution in [0.3, 0.4) is 0 Å². The molecule has 3 rings (SSSR count). The van der Waals surface area contributed by atoms with Crippen LogP contribution in [-0.2, 0) is 9.59 Å². The van der Waals surface area contributed by atoms with Gasteiger partial charge < -0.3 is 15.5 Å². The van der Waals surface area contributed by atoms with Gasteiger partial charge in [-0.2, -0.15) is 0 Å². The SMILES string of the molecule is O=C1CC[C@@H](C(=O)N2CC(N3CCNCC3)C2)N1. The van der Waals surface area contributed by atoms with E-state index in [4.69, 9.17) is 0 Å². The largest absolute Gasteiger partial charge is 0.344 e. The highest BCUT2D eigenvalue weighted by atomic mass is 16.2. The molecule has 0 unspecified atom stereocenters. The van der Waals surface area contributed by atoms with Crippen molar-refractivity contribution >= 4 is 11.8 Å². The zero-order chi connectivity index (χ0) is 12.5. The summed E-state index contributed by atoms with van der Waals surface area (Å²) >= 11 is 0. The van der Waals surface area contributed by atoms with E-state index in [-0.39, 0.29) is 17.9 Å². The average molecular weight is 252 g/mol. The molecule has 6 nitrogen and oxygen atoms in total. The van der Waals surface area contributed by atoms with Gasteiger partial charge in [-0.3, -0.25) is 14.5 Å². The molecule has 3 fully saturated rings. The van der Waals surface area contributed by atoms with Gasteiger partial charge in [-0.1, -0.05) is 0 Å². The number of carbonyl (C=O) groups excluding carboxylic acids is 2. The summed E-state index contributed by atoms with van der Waals surface area (Å²) in [6.45, 7) is 5.89. The maximum Gasteiger partial charge on any atom is 0.245 e. The summed E-state index contributed by atoms with van der Waals surface area (Å²) < 4.78 is 0. The highest BCUT2D eigenvalue weighted by Crippen LogP contribution is 2.19. The van der Waals surface area contributed by atoms with Crippen LogP contribution < -0.4 is 10.6 Å². The molecule has 2 N–H and O–H groups in total. The summed E-state index contributed by atoms with van der Waals surface area (Å²) in [5.41, 5.74) is 0. The fraction of sp³-hybridized carbons (Fsp3) is 0.833. The normalized spacial score (nSPS) is 30.1. The number of amides is 2. The van der Waals surface area contributed by atoms with Gasteiger partial charge >= 0.3 is 0 Å². The highest BCUT2D eigenvalue weighted by molar-refractivity contribution is 5.91. The fourth-order valence-corrected chi connectivity index (χ4v) is 2.93. The second kappa shape index (κ2) is 4.85. The van der Waals surface area contributed by atoms with E-state index in [0.717, 1.165) is 39.3 Å². The van der Waals surface area contributed by atoms with Gasteiger partial charge in [-0.05, 0) is 6.42 Å². The molecule has 100 valence electrons. The van der Waals surface area contributed by atoms with Crippen molar-refractivity contribution in [2.45, 2.75) is 24.9 Å². The quantitative estimate of drug-likeness (QED) is 0.620. The van der Waals surface area contributed by atoms with Gasteiger partial charge in [0.1, 0.15) is 6.04 Å². The van der Waals surface area contributed by atoms with Crippen LogP contribution in [0, 0.1) is 0 Å². The molecule has 3 heterocycles. The number of nitrogens with zero attached hydrogens (tertiary/aromatic N) is 2. The van der Waals surface area contributed by atoms with Gasteiger partial charge in [0.25, 0.3) is 0 Å². The molecule has 0 spiro atoms. The van der Waals surface area contributed by atoms with Crippen molar-refractivity contribution in [3.05, 3.63) is 0 Å². The van der Waals surface area contributed by atoms with Crippen LogP contribution in [0.5, 0.6) is 0 Å². The fourth-order valence-electron chi connectivity index (χ4n) is 2.93. The molecule has 0 bridgehead atoms. The van der Waals surface area contributed by atoms with Crippen LogP contribution >= 0.6 is 0 Å². The first-order valence-electron chi connectivity index (χ1n) is 6.77. The molecule has 6 heteroatoms. The van der Waals surface area contributed by atoms with Crippen molar-refractivity contribution in [3.8, 4) is 0 Å². The lowest BCUT2D eigenvalue weighted by molar-refractivity contribution is -0.141. The maximum atomic E-state index is 12.1. The lowest BCUT2D eigenvalue weighted by atomic mass is 10.0. The molecule has 1 atom stereocenters. The summed E-state index contributed by atoms with van der Waals surface area (Å²) in [7, 11) is 0. The second-order valence-corrected chi connectivity index (χ2v) is 5.34. The van der Waals surface area contributed by atoms with Crippen LogP contribution in [0.2, 0.25) is 0 Å². The smallest absolute Gasteiger partial charge is 0.245 e. The maximum absolute atomic E-state index is 12.1. The predicted octanol–water partition coefficient (Wildman–Crippen LogP) is -1.62. The van der Waals surface area contributed by atoms with Crippen molar-refractivity contribution < 1.29 is 9.59 Å². The van der Waals surface area contributed by atoms with Gasteiger partial charge in [0.15, 0.2) is 0 Å². The van der Waals surface area contributed by atoms with Crippen LogP contribution in [-0.4, -0.2) is 73.0 Å². The third-order valence-corrected chi connectivity index (χ3v) is 4.14. The third kappa shape index (κ3) is 2.22. The Bertz CT molecular complexity index is 348. The molecule has 0 saturated carbocycles. The number of nitrogens with one attached hydrogen (secondary N) is 2. The minimum absolute atomic E-state index is 0.00697. The predicted molar refractivity (Wildman–Crippen MR) is 66.0 cm³/mol. The Morgan fingerprint density at radius 2 is 1.94 bits per heavy atom. The van der Waals surface area contributed by atoms with E-state index < -0.39 is 0 Å². The van der Waals surface area contributed by atoms with Crippen molar-refractivity contribution in [1.82, 2.24) is 20.4 Å². The van der Waals surface area contributed by atoms with Crippen molar-refractivity contribution in [1.29, 1.82) is 0 Å². The Morgan fingerprint density at radius 1 is 1.22 bits per heavy atom. The van der Waals surface area contributed by atoms with Gasteiger partial charge in [0, 0.05) is 51.7 Å². The summed E-state index contributed by atoms with van der Waals surface area (Å²) in [6, 6.07) is 0.259. The monoisotopic (exact) mass is 252 g/mol. The molecule has 0 aromatic carbocycles. The van der Waals surface area contributed by atoms with E-state index in [1.807, 2.05) is 4.90 Å². The topological polar surface area (TPSA) is 64.7 Å². The molecule has 3 aliphatic rings. The molecular weight excluding hydrogens is 232 g/mol. The molecule has 0 aromatic rings. The summed E-state index contributed by atoms with van der Waals surface area (Å²) in [4.78, 5) is 27.5. The minimum Gasteiger partial charge on any atom is -0.344 e. The van der Waals surface area contributed by atoms with Crippen LogP contribution in [0.15, 0.2) is 0 Å². The molecule has 18 heavy (non-hydrogen) atoms. The Labute approximate surface area is 107 Å². The second-order valence-electron chi connectivity index (χ2n) is 5.34. The summed E-state index contributed by atoms with van der Waals surface area (Å²) in [5.74, 6) is 0.111. The number of rotatable bonds is 2. The number of carbonyl (C=O) groups is 2. The van der Waals surface area contributed by atoms with Crippen molar-refractivity contribution in [2.75, 3.05) is 39.3 Å². The van der Waals surface area contributed by atoms with Crippen LogP contribution in [0.25, 0.3) is 0 Å². The molecular formula is C12H20N4O2. The first-order valence-corrected chi connectivity index (χ1v) is 6.77. The van der Waals surface area contributed by atoms with Gasteiger partial charge in [0.05, 0.1) is 0 Å². The molecule has 0 aromatic heterocycles. The van der Waals surface area contributed by atoms with E-state index in [0.29, 0.717) is 18.9 Å². The van der Waals surface area contributed by atoms with E-state index in [1.165, 1.54) is 0 Å². The van der Waals surface area contributed by atoms with Gasteiger partial charge in [-0.15, -0.1) is 0 Å². The van der Waals surface area contributed by atoms with Crippen LogP contribution in [0.1, 0.15) is 12.8 Å². The third-order valence-electron chi connectivity index (χ3n) is 4.14. The Kier molecular flexibility index (Phi) is 3.22. The molecule has 0 radical (unpaired) electrons. The number of piperazine rings is 1. The Hall–Kier alpha value is -1.14. The molecule has 2 amide bonds. The van der Waals surface area contributed by atoms with Gasteiger partial charge in [0.2, 0.25) is 11.8 Å². The number of hydrogen-bond donors (Lipinski definition) is 2. The van der Waals surface area contributed by atoms with Crippen LogP contribution in [0.4, 0.5) is 0 Å². The first kappa shape index (κ1) is 11.9. The lowest BCUT2D eigenvalue weighted by Crippen LogP contribution is -2.65. The number of hydrogen-bond acceptors (Lipinski definition) is 4. The standard InChI is InChI=1S/C12H20N4O2/c17-11-2-1-10(14-11)12(18)16-7-9(8-16)15-5-3-13-4-6-15/h9-10,13H,1-8H2,(H,14,17)/t10-/m0/s1. The molecule has 3 aliphatic heterocycles. The van der Waals surface area contributed by atoms with Crippen molar-refractivity contribution in [2.24, 2.45) is 0 Å². The first-order chi connectivity index (χ1) is 8.74. The Morgan fingerprint density at radius 3 is 2.56 bits per heavy atom.